The molecule has 1 N–H and O–H groups in total. The van der Waals surface area contributed by atoms with Crippen LogP contribution in [0.25, 0.3) is 0 Å². The van der Waals surface area contributed by atoms with Crippen LogP contribution in [0, 0.1) is 0 Å². The first kappa shape index (κ1) is 25.7. The molecule has 0 saturated heterocycles. The fraction of sp³-hybridized carbons (Fsp3) is 0.143. The molecule has 3 aromatic carbocycles. The van der Waals surface area contributed by atoms with Crippen molar-refractivity contribution in [2.45, 2.75) is 13.8 Å². The number of nitrogens with one attached hydrogen (secondary N) is 1. The van der Waals surface area contributed by atoms with Gasteiger partial charge in [-0.1, -0.05) is 35.9 Å². The van der Waals surface area contributed by atoms with Crippen molar-refractivity contribution in [2.75, 3.05) is 28.3 Å². The predicted molar refractivity (Wildman–Crippen MR) is 142 cm³/mol. The van der Waals surface area contributed by atoms with E-state index >= 15 is 0 Å². The lowest BCUT2D eigenvalue weighted by Gasteiger charge is -2.21. The number of para-hydroxylation sites is 1. The molecule has 0 aromatic heterocycles. The van der Waals surface area contributed by atoms with E-state index in [1.807, 2.05) is 37.3 Å². The summed E-state index contributed by atoms with van der Waals surface area (Å²) < 4.78 is 4.96. The van der Waals surface area contributed by atoms with E-state index in [2.05, 4.69) is 5.32 Å². The Bertz CT molecular complexity index is 1390. The molecule has 0 aliphatic carbocycles. The van der Waals surface area contributed by atoms with Gasteiger partial charge >= 0.3 is 5.97 Å². The van der Waals surface area contributed by atoms with Gasteiger partial charge in [-0.3, -0.25) is 14.4 Å². The molecule has 1 aliphatic heterocycles. The number of anilines is 3. The molecule has 0 bridgehead atoms. The number of hydrogen-bond acceptors (Lipinski definition) is 6. The van der Waals surface area contributed by atoms with E-state index in [9.17, 15) is 19.2 Å². The van der Waals surface area contributed by atoms with Gasteiger partial charge in [-0.05, 0) is 68.4 Å². The van der Waals surface area contributed by atoms with Crippen LogP contribution in [-0.2, 0) is 14.3 Å². The fourth-order valence-electron chi connectivity index (χ4n) is 3.89. The summed E-state index contributed by atoms with van der Waals surface area (Å²) in [5.41, 5.74) is 2.02. The van der Waals surface area contributed by atoms with Crippen LogP contribution >= 0.6 is 11.6 Å². The summed E-state index contributed by atoms with van der Waals surface area (Å²) in [5.74, 6) is -2.08. The van der Waals surface area contributed by atoms with Crippen LogP contribution in [0.3, 0.4) is 0 Å². The van der Waals surface area contributed by atoms with Crippen molar-refractivity contribution in [1.29, 1.82) is 0 Å². The number of esters is 1. The quantitative estimate of drug-likeness (QED) is 0.335. The lowest BCUT2D eigenvalue weighted by Crippen LogP contribution is -2.32. The van der Waals surface area contributed by atoms with Crippen molar-refractivity contribution in [2.24, 2.45) is 0 Å². The maximum absolute atomic E-state index is 13.2. The fourth-order valence-corrected chi connectivity index (χ4v) is 4.10. The first-order chi connectivity index (χ1) is 17.8. The van der Waals surface area contributed by atoms with Crippen LogP contribution in [0.2, 0.25) is 0 Å². The minimum absolute atomic E-state index is 0.110. The summed E-state index contributed by atoms with van der Waals surface area (Å²) in [6.45, 7) is 4.28. The van der Waals surface area contributed by atoms with Crippen molar-refractivity contribution in [3.05, 3.63) is 101 Å². The second kappa shape index (κ2) is 11.1. The van der Waals surface area contributed by atoms with Crippen LogP contribution in [-0.4, -0.2) is 36.8 Å². The molecule has 188 valence electrons. The molecule has 9 heteroatoms. The predicted octanol–water partition coefficient (Wildman–Crippen LogP) is 4.97. The summed E-state index contributed by atoms with van der Waals surface area (Å²) >= 11 is 6.25. The van der Waals surface area contributed by atoms with Crippen LogP contribution < -0.4 is 15.1 Å². The third-order valence-electron chi connectivity index (χ3n) is 5.67. The highest BCUT2D eigenvalue weighted by atomic mass is 35.5. The van der Waals surface area contributed by atoms with Gasteiger partial charge in [0.1, 0.15) is 10.7 Å². The van der Waals surface area contributed by atoms with Crippen LogP contribution in [0.4, 0.5) is 17.1 Å². The number of rotatable bonds is 8. The Hall–Kier alpha value is -4.43. The van der Waals surface area contributed by atoms with Gasteiger partial charge in [-0.15, -0.1) is 0 Å². The molecule has 3 aromatic rings. The molecular weight excluding hydrogens is 494 g/mol. The van der Waals surface area contributed by atoms with Crippen molar-refractivity contribution in [3.63, 3.8) is 0 Å². The first-order valence-electron chi connectivity index (χ1n) is 11.7. The molecular formula is C28H24ClN3O5. The van der Waals surface area contributed by atoms with Gasteiger partial charge in [0.25, 0.3) is 17.7 Å². The molecule has 1 heterocycles. The molecule has 0 atom stereocenters. The number of amides is 3. The Kier molecular flexibility index (Phi) is 7.69. The van der Waals surface area contributed by atoms with Gasteiger partial charge in [0, 0.05) is 23.5 Å². The van der Waals surface area contributed by atoms with Crippen LogP contribution in [0.5, 0.6) is 0 Å². The van der Waals surface area contributed by atoms with Crippen LogP contribution in [0.15, 0.2) is 89.6 Å². The highest BCUT2D eigenvalue weighted by Crippen LogP contribution is 2.31. The number of nitrogens with zero attached hydrogens (tertiary/aromatic N) is 2. The van der Waals surface area contributed by atoms with Crippen molar-refractivity contribution in [3.8, 4) is 0 Å². The molecule has 0 spiro atoms. The highest BCUT2D eigenvalue weighted by Gasteiger charge is 2.39. The third kappa shape index (κ3) is 5.24. The number of hydrogen-bond donors (Lipinski definition) is 1. The van der Waals surface area contributed by atoms with Gasteiger partial charge < -0.3 is 15.0 Å². The largest absolute Gasteiger partial charge is 0.462 e. The van der Waals surface area contributed by atoms with E-state index in [-0.39, 0.29) is 28.9 Å². The number of imide groups is 1. The number of halogens is 1. The molecule has 8 nitrogen and oxygen atoms in total. The average molecular weight is 518 g/mol. The van der Waals surface area contributed by atoms with Gasteiger partial charge in [0.15, 0.2) is 0 Å². The number of carbonyl (C=O) groups excluding carboxylic acids is 4. The highest BCUT2D eigenvalue weighted by molar-refractivity contribution is 6.53. The summed E-state index contributed by atoms with van der Waals surface area (Å²) in [6, 6.07) is 21.8. The minimum atomic E-state index is -0.702. The van der Waals surface area contributed by atoms with Crippen molar-refractivity contribution >= 4 is 52.4 Å². The van der Waals surface area contributed by atoms with E-state index in [0.717, 1.165) is 10.6 Å². The first-order valence-corrected chi connectivity index (χ1v) is 12.0. The molecule has 0 fully saturated rings. The second-order valence-corrected chi connectivity index (χ2v) is 8.37. The normalized spacial score (nSPS) is 13.1. The molecule has 3 amide bonds. The Labute approximate surface area is 219 Å². The Morgan fingerprint density at radius 3 is 2.24 bits per heavy atom. The SMILES string of the molecule is CCOC(=O)c1ccc(N2C(=O)C(Cl)=C(Nc3cccc(C(=O)N(CC)c4ccccc4)c3)C2=O)cc1. The van der Waals surface area contributed by atoms with E-state index in [0.29, 0.717) is 23.4 Å². The van der Waals surface area contributed by atoms with E-state index in [1.54, 1.807) is 36.1 Å². The maximum atomic E-state index is 13.2. The lowest BCUT2D eigenvalue weighted by atomic mass is 10.1. The smallest absolute Gasteiger partial charge is 0.338 e. The van der Waals surface area contributed by atoms with Crippen molar-refractivity contribution in [1.82, 2.24) is 0 Å². The van der Waals surface area contributed by atoms with E-state index < -0.39 is 17.8 Å². The Balaban J connectivity index is 1.54. The molecule has 0 saturated carbocycles. The van der Waals surface area contributed by atoms with Gasteiger partial charge in [0.2, 0.25) is 0 Å². The average Bonchev–Trinajstić information content (AvgIpc) is 3.13. The molecule has 0 radical (unpaired) electrons. The minimum Gasteiger partial charge on any atom is -0.462 e. The van der Waals surface area contributed by atoms with E-state index in [1.165, 1.54) is 24.3 Å². The van der Waals surface area contributed by atoms with Gasteiger partial charge in [-0.25, -0.2) is 9.69 Å². The Morgan fingerprint density at radius 1 is 0.892 bits per heavy atom. The number of carbonyl (C=O) groups is 4. The zero-order valence-corrected chi connectivity index (χ0v) is 21.0. The summed E-state index contributed by atoms with van der Waals surface area (Å²) in [4.78, 5) is 53.6. The monoisotopic (exact) mass is 517 g/mol. The molecule has 0 unspecified atom stereocenters. The zero-order valence-electron chi connectivity index (χ0n) is 20.2. The topological polar surface area (TPSA) is 96.0 Å². The summed E-state index contributed by atoms with van der Waals surface area (Å²) in [5, 5.41) is 2.62. The van der Waals surface area contributed by atoms with Crippen molar-refractivity contribution < 1.29 is 23.9 Å². The maximum Gasteiger partial charge on any atom is 0.338 e. The summed E-state index contributed by atoms with van der Waals surface area (Å²) in [7, 11) is 0. The zero-order chi connectivity index (χ0) is 26.5. The second-order valence-electron chi connectivity index (χ2n) is 7.99. The molecule has 4 rings (SSSR count). The van der Waals surface area contributed by atoms with Gasteiger partial charge in [-0.2, -0.15) is 0 Å². The number of ether oxygens (including phenoxy) is 1. The van der Waals surface area contributed by atoms with Crippen LogP contribution in [0.1, 0.15) is 34.6 Å². The van der Waals surface area contributed by atoms with E-state index in [4.69, 9.17) is 16.3 Å². The Morgan fingerprint density at radius 2 is 1.59 bits per heavy atom. The summed E-state index contributed by atoms with van der Waals surface area (Å²) in [6.07, 6.45) is 0. The van der Waals surface area contributed by atoms with Gasteiger partial charge in [0.05, 0.1) is 17.9 Å². The molecule has 1 aliphatic rings. The standard InChI is InChI=1S/C28H24ClN3O5/c1-3-31(21-11-6-5-7-12-21)25(33)19-9-8-10-20(17-19)30-24-23(29)26(34)32(27(24)35)22-15-13-18(14-16-22)28(36)37-4-2/h5-17,30H,3-4H2,1-2H3. The third-order valence-corrected chi connectivity index (χ3v) is 6.02. The lowest BCUT2D eigenvalue weighted by molar-refractivity contribution is -0.120. The molecule has 37 heavy (non-hydrogen) atoms. The number of benzene rings is 3.